The van der Waals surface area contributed by atoms with Crippen LogP contribution in [0.2, 0.25) is 0 Å². The molecule has 7 nitrogen and oxygen atoms in total. The number of benzene rings is 1. The van der Waals surface area contributed by atoms with Crippen LogP contribution in [0.3, 0.4) is 0 Å². The molecule has 0 unspecified atom stereocenters. The molecule has 0 saturated carbocycles. The summed E-state index contributed by atoms with van der Waals surface area (Å²) in [4.78, 5) is 28.2. The van der Waals surface area contributed by atoms with E-state index in [-0.39, 0.29) is 42.2 Å². The van der Waals surface area contributed by atoms with Crippen molar-refractivity contribution in [1.82, 2.24) is 15.5 Å². The number of carbonyl (C=O) groups is 2. The summed E-state index contributed by atoms with van der Waals surface area (Å²) in [5.74, 6) is -4.91. The van der Waals surface area contributed by atoms with Crippen LogP contribution in [0.15, 0.2) is 12.1 Å². The first-order valence-corrected chi connectivity index (χ1v) is 9.89. The molecule has 0 bridgehead atoms. The number of carbonyl (C=O) groups excluding carboxylic acids is 2. The zero-order valence-electron chi connectivity index (χ0n) is 16.4. The SMILES string of the molecule is [NH][C@@H](CC(=O)N1CC[C@H]2CN(C(=O)C(CO)CO)C[C@H]21)Cc1cc(F)c(F)cc1F. The molecule has 1 aromatic rings. The van der Waals surface area contributed by atoms with Gasteiger partial charge in [-0.2, -0.15) is 0 Å². The van der Waals surface area contributed by atoms with Crippen molar-refractivity contribution >= 4 is 11.8 Å². The second kappa shape index (κ2) is 9.32. The van der Waals surface area contributed by atoms with Crippen LogP contribution in [0.1, 0.15) is 18.4 Å². The average Bonchev–Trinajstić information content (AvgIpc) is 3.27. The fourth-order valence-electron chi connectivity index (χ4n) is 4.31. The average molecular weight is 428 g/mol. The topological polar surface area (TPSA) is 105 Å². The highest BCUT2D eigenvalue weighted by molar-refractivity contribution is 5.80. The van der Waals surface area contributed by atoms with E-state index in [1.54, 1.807) is 9.80 Å². The van der Waals surface area contributed by atoms with E-state index in [0.717, 1.165) is 0 Å². The summed E-state index contributed by atoms with van der Waals surface area (Å²) in [6.45, 7) is 0.321. The van der Waals surface area contributed by atoms with Crippen LogP contribution < -0.4 is 5.73 Å². The molecule has 1 aromatic carbocycles. The molecule has 1 radical (unpaired) electrons. The fourth-order valence-corrected chi connectivity index (χ4v) is 4.31. The normalized spacial score (nSPS) is 22.0. The first kappa shape index (κ1) is 22.5. The number of nitrogens with zero attached hydrogens (tertiary/aromatic N) is 2. The molecular weight excluding hydrogens is 403 g/mol. The first-order chi connectivity index (χ1) is 14.2. The van der Waals surface area contributed by atoms with Gasteiger partial charge in [-0.05, 0) is 24.5 Å². The molecule has 2 fully saturated rings. The van der Waals surface area contributed by atoms with Gasteiger partial charge in [0.05, 0.1) is 25.2 Å². The Morgan fingerprint density at radius 1 is 1.10 bits per heavy atom. The zero-order valence-corrected chi connectivity index (χ0v) is 16.4. The lowest BCUT2D eigenvalue weighted by Crippen LogP contribution is -2.43. The molecular formula is C20H25F3N3O4. The minimum absolute atomic E-state index is 0.0868. The lowest BCUT2D eigenvalue weighted by molar-refractivity contribution is -0.139. The van der Waals surface area contributed by atoms with Crippen molar-refractivity contribution in [2.24, 2.45) is 11.8 Å². The molecule has 3 rings (SSSR count). The lowest BCUT2D eigenvalue weighted by Gasteiger charge is -2.27. The summed E-state index contributed by atoms with van der Waals surface area (Å²) in [5.41, 5.74) is 7.92. The van der Waals surface area contributed by atoms with Crippen molar-refractivity contribution in [3.8, 4) is 0 Å². The molecule has 2 heterocycles. The summed E-state index contributed by atoms with van der Waals surface area (Å²) in [5, 5.41) is 18.4. The molecule has 30 heavy (non-hydrogen) atoms. The number of nitrogens with one attached hydrogen (secondary N) is 1. The molecule has 2 aliphatic heterocycles. The predicted octanol–water partition coefficient (Wildman–Crippen LogP) is 0.348. The van der Waals surface area contributed by atoms with Gasteiger partial charge in [0.2, 0.25) is 11.8 Å². The van der Waals surface area contributed by atoms with Gasteiger partial charge in [0.15, 0.2) is 11.6 Å². The minimum Gasteiger partial charge on any atom is -0.395 e. The first-order valence-electron chi connectivity index (χ1n) is 9.89. The molecule has 0 spiro atoms. The Kier molecular flexibility index (Phi) is 6.99. The van der Waals surface area contributed by atoms with E-state index >= 15 is 0 Å². The van der Waals surface area contributed by atoms with Crippen molar-refractivity contribution in [3.05, 3.63) is 35.1 Å². The van der Waals surface area contributed by atoms with Crippen LogP contribution in [-0.4, -0.2) is 76.8 Å². The van der Waals surface area contributed by atoms with Crippen LogP contribution >= 0.6 is 0 Å². The van der Waals surface area contributed by atoms with Crippen LogP contribution in [-0.2, 0) is 16.0 Å². The third-order valence-electron chi connectivity index (χ3n) is 5.95. The summed E-state index contributed by atoms with van der Waals surface area (Å²) in [6, 6.07) is -0.0859. The summed E-state index contributed by atoms with van der Waals surface area (Å²) in [6.07, 6.45) is 0.269. The quantitative estimate of drug-likeness (QED) is 0.612. The number of likely N-dealkylation sites (tertiary alicyclic amines) is 2. The van der Waals surface area contributed by atoms with Gasteiger partial charge in [0, 0.05) is 44.1 Å². The van der Waals surface area contributed by atoms with Crippen molar-refractivity contribution in [2.75, 3.05) is 32.8 Å². The van der Waals surface area contributed by atoms with Gasteiger partial charge in [-0.3, -0.25) is 15.3 Å². The van der Waals surface area contributed by atoms with E-state index in [0.29, 0.717) is 38.2 Å². The summed E-state index contributed by atoms with van der Waals surface area (Å²) >= 11 is 0. The Labute approximate surface area is 172 Å². The summed E-state index contributed by atoms with van der Waals surface area (Å²) in [7, 11) is 0. The van der Waals surface area contributed by atoms with Crippen molar-refractivity contribution in [3.63, 3.8) is 0 Å². The zero-order chi connectivity index (χ0) is 22.0. The maximum Gasteiger partial charge on any atom is 0.230 e. The molecule has 2 aliphatic rings. The van der Waals surface area contributed by atoms with Crippen molar-refractivity contribution < 1.29 is 33.0 Å². The molecule has 3 atom stereocenters. The van der Waals surface area contributed by atoms with Gasteiger partial charge >= 0.3 is 0 Å². The van der Waals surface area contributed by atoms with Crippen LogP contribution in [0.25, 0.3) is 0 Å². The Hall–Kier alpha value is -2.17. The van der Waals surface area contributed by atoms with Crippen LogP contribution in [0, 0.1) is 29.3 Å². The monoisotopic (exact) mass is 428 g/mol. The van der Waals surface area contributed by atoms with Crippen LogP contribution in [0.5, 0.6) is 0 Å². The predicted molar refractivity (Wildman–Crippen MR) is 99.4 cm³/mol. The third-order valence-corrected chi connectivity index (χ3v) is 5.95. The van der Waals surface area contributed by atoms with Gasteiger partial charge in [0.25, 0.3) is 0 Å². The van der Waals surface area contributed by atoms with Gasteiger partial charge in [0.1, 0.15) is 5.82 Å². The maximum absolute atomic E-state index is 13.8. The molecule has 2 saturated heterocycles. The summed E-state index contributed by atoms with van der Waals surface area (Å²) < 4.78 is 40.2. The highest BCUT2D eigenvalue weighted by Crippen LogP contribution is 2.33. The number of halogens is 3. The minimum atomic E-state index is -1.30. The molecule has 165 valence electrons. The number of hydrogen-bond donors (Lipinski definition) is 2. The van der Waals surface area contributed by atoms with E-state index in [2.05, 4.69) is 0 Å². The Bertz CT molecular complexity index is 806. The highest BCUT2D eigenvalue weighted by atomic mass is 19.2. The fraction of sp³-hybridized carbons (Fsp3) is 0.600. The molecule has 2 amide bonds. The lowest BCUT2D eigenvalue weighted by atomic mass is 10.0. The maximum atomic E-state index is 13.8. The number of hydrogen-bond acceptors (Lipinski definition) is 4. The van der Waals surface area contributed by atoms with Gasteiger partial charge in [-0.15, -0.1) is 0 Å². The number of rotatable bonds is 7. The van der Waals surface area contributed by atoms with Gasteiger partial charge in [-0.25, -0.2) is 13.2 Å². The van der Waals surface area contributed by atoms with E-state index in [4.69, 9.17) is 5.73 Å². The Balaban J connectivity index is 1.58. The smallest absolute Gasteiger partial charge is 0.230 e. The Morgan fingerprint density at radius 2 is 1.77 bits per heavy atom. The molecule has 0 aromatic heterocycles. The van der Waals surface area contributed by atoms with Gasteiger partial charge < -0.3 is 20.0 Å². The number of aliphatic hydroxyl groups is 2. The number of aliphatic hydroxyl groups excluding tert-OH is 2. The molecule has 10 heteroatoms. The number of fused-ring (bicyclic) bond motifs is 1. The van der Waals surface area contributed by atoms with E-state index in [1.807, 2.05) is 0 Å². The second-order valence-corrected chi connectivity index (χ2v) is 7.97. The molecule has 0 aliphatic carbocycles. The number of amides is 2. The highest BCUT2D eigenvalue weighted by Gasteiger charge is 2.45. The second-order valence-electron chi connectivity index (χ2n) is 7.97. The largest absolute Gasteiger partial charge is 0.395 e. The standard InChI is InChI=1S/C20H25F3N3O4/c21-15-6-17(23)16(22)4-12(15)3-14(24)5-19(29)26-2-1-11-7-25(8-18(11)26)20(30)13(9-27)10-28/h4,6,11,13-14,18,24,27-28H,1-3,5,7-10H2/t11-,14+,18+/m0/s1. The van der Waals surface area contributed by atoms with Crippen molar-refractivity contribution in [1.29, 1.82) is 0 Å². The molecule has 3 N–H and O–H groups in total. The third kappa shape index (κ3) is 4.60. The van der Waals surface area contributed by atoms with E-state index in [1.165, 1.54) is 0 Å². The van der Waals surface area contributed by atoms with Crippen molar-refractivity contribution in [2.45, 2.75) is 31.3 Å². The van der Waals surface area contributed by atoms with E-state index in [9.17, 15) is 33.0 Å². The Morgan fingerprint density at radius 3 is 2.43 bits per heavy atom. The van der Waals surface area contributed by atoms with Crippen LogP contribution in [0.4, 0.5) is 13.2 Å². The van der Waals surface area contributed by atoms with Gasteiger partial charge in [-0.1, -0.05) is 0 Å². The van der Waals surface area contributed by atoms with E-state index < -0.39 is 42.6 Å².